The summed E-state index contributed by atoms with van der Waals surface area (Å²) in [7, 11) is 0. The number of aliphatic hydroxyl groups excluding tert-OH is 1. The summed E-state index contributed by atoms with van der Waals surface area (Å²) >= 11 is 0. The van der Waals surface area contributed by atoms with Crippen LogP contribution in [-0.4, -0.2) is 16.3 Å². The molecular weight excluding hydrogens is 159 g/mol. The normalized spacial score (nSPS) is 12.9. The Labute approximate surface area is 70.3 Å². The van der Waals surface area contributed by atoms with E-state index in [4.69, 9.17) is 5.11 Å². The topological polar surface area (TPSA) is 40.5 Å². The summed E-state index contributed by atoms with van der Waals surface area (Å²) in [4.78, 5) is 0. The lowest BCUT2D eigenvalue weighted by Gasteiger charge is -2.06. The maximum Gasteiger partial charge on any atom is 0.123 e. The number of aromatic hydroxyl groups is 1. The smallest absolute Gasteiger partial charge is 0.123 e. The quantitative estimate of drug-likeness (QED) is 0.705. The molecule has 0 bridgehead atoms. The zero-order valence-electron chi connectivity index (χ0n) is 6.79. The average Bonchev–Trinajstić information content (AvgIpc) is 1.96. The van der Waals surface area contributed by atoms with E-state index in [9.17, 15) is 9.50 Å². The Morgan fingerprint density at radius 3 is 2.75 bits per heavy atom. The van der Waals surface area contributed by atoms with E-state index in [0.717, 1.165) is 0 Å². The fourth-order valence-corrected chi connectivity index (χ4v) is 1.04. The molecule has 2 N–H and O–H groups in total. The molecule has 0 aromatic heterocycles. The molecule has 0 unspecified atom stereocenters. The van der Waals surface area contributed by atoms with Crippen molar-refractivity contribution in [2.75, 3.05) is 0 Å². The molecule has 0 saturated carbocycles. The molecular formula is C9H11FO2. The summed E-state index contributed by atoms with van der Waals surface area (Å²) in [5, 5.41) is 18.2. The summed E-state index contributed by atoms with van der Waals surface area (Å²) in [6, 6.07) is 3.69. The minimum atomic E-state index is -0.572. The summed E-state index contributed by atoms with van der Waals surface area (Å²) in [5.74, 6) is -0.374. The SMILES string of the molecule is C[C@@H](O)Cc1cc(F)ccc1O. The van der Waals surface area contributed by atoms with Gasteiger partial charge in [0.2, 0.25) is 0 Å². The van der Waals surface area contributed by atoms with Crippen molar-refractivity contribution >= 4 is 0 Å². The summed E-state index contributed by atoms with van der Waals surface area (Å²) < 4.78 is 12.6. The molecule has 0 spiro atoms. The van der Waals surface area contributed by atoms with Crippen LogP contribution in [0.25, 0.3) is 0 Å². The standard InChI is InChI=1S/C9H11FO2/c1-6(11)4-7-5-8(10)2-3-9(7)12/h2-3,5-6,11-12H,4H2,1H3/t6-/m1/s1. The highest BCUT2D eigenvalue weighted by atomic mass is 19.1. The lowest BCUT2D eigenvalue weighted by atomic mass is 10.1. The van der Waals surface area contributed by atoms with Crippen molar-refractivity contribution in [3.05, 3.63) is 29.6 Å². The van der Waals surface area contributed by atoms with Crippen LogP contribution in [-0.2, 0) is 6.42 Å². The lowest BCUT2D eigenvalue weighted by Crippen LogP contribution is -2.04. The zero-order chi connectivity index (χ0) is 9.14. The second-order valence-electron chi connectivity index (χ2n) is 2.83. The Balaban J connectivity index is 2.90. The predicted molar refractivity (Wildman–Crippen MR) is 43.4 cm³/mol. The van der Waals surface area contributed by atoms with Crippen molar-refractivity contribution in [1.29, 1.82) is 0 Å². The maximum atomic E-state index is 12.6. The average molecular weight is 170 g/mol. The fraction of sp³-hybridized carbons (Fsp3) is 0.333. The molecule has 0 amide bonds. The molecule has 0 fully saturated rings. The van der Waals surface area contributed by atoms with Crippen LogP contribution in [0.5, 0.6) is 5.75 Å². The van der Waals surface area contributed by atoms with Gasteiger partial charge in [0, 0.05) is 6.42 Å². The molecule has 0 aliphatic rings. The van der Waals surface area contributed by atoms with Gasteiger partial charge in [-0.25, -0.2) is 4.39 Å². The van der Waals surface area contributed by atoms with Crippen molar-refractivity contribution in [2.24, 2.45) is 0 Å². The van der Waals surface area contributed by atoms with Crippen molar-refractivity contribution in [3.63, 3.8) is 0 Å². The van der Waals surface area contributed by atoms with E-state index in [1.807, 2.05) is 0 Å². The van der Waals surface area contributed by atoms with Crippen LogP contribution in [0.15, 0.2) is 18.2 Å². The largest absolute Gasteiger partial charge is 0.508 e. The summed E-state index contributed by atoms with van der Waals surface area (Å²) in [5.41, 5.74) is 0.435. The van der Waals surface area contributed by atoms with Crippen LogP contribution in [0, 0.1) is 5.82 Å². The summed E-state index contributed by atoms with van der Waals surface area (Å²) in [6.45, 7) is 1.59. The molecule has 2 nitrogen and oxygen atoms in total. The number of phenolic OH excluding ortho intramolecular Hbond substituents is 1. The molecule has 0 saturated heterocycles. The first kappa shape index (κ1) is 9.00. The van der Waals surface area contributed by atoms with Crippen molar-refractivity contribution in [3.8, 4) is 5.75 Å². The monoisotopic (exact) mass is 170 g/mol. The molecule has 1 rings (SSSR count). The van der Waals surface area contributed by atoms with Crippen molar-refractivity contribution in [2.45, 2.75) is 19.4 Å². The molecule has 0 aliphatic heterocycles. The van der Waals surface area contributed by atoms with E-state index >= 15 is 0 Å². The number of hydrogen-bond acceptors (Lipinski definition) is 2. The van der Waals surface area contributed by atoms with Gasteiger partial charge in [-0.2, -0.15) is 0 Å². The van der Waals surface area contributed by atoms with E-state index in [1.165, 1.54) is 18.2 Å². The molecule has 3 heteroatoms. The number of benzene rings is 1. The molecule has 1 aromatic rings. The fourth-order valence-electron chi connectivity index (χ4n) is 1.04. The van der Waals surface area contributed by atoms with E-state index < -0.39 is 11.9 Å². The molecule has 66 valence electrons. The van der Waals surface area contributed by atoms with Gasteiger partial charge >= 0.3 is 0 Å². The maximum absolute atomic E-state index is 12.6. The Bertz CT molecular complexity index is 271. The van der Waals surface area contributed by atoms with Gasteiger partial charge in [0.25, 0.3) is 0 Å². The number of rotatable bonds is 2. The van der Waals surface area contributed by atoms with Gasteiger partial charge in [-0.15, -0.1) is 0 Å². The Morgan fingerprint density at radius 1 is 1.50 bits per heavy atom. The number of aliphatic hydroxyl groups is 1. The van der Waals surface area contributed by atoms with Crippen LogP contribution in [0.1, 0.15) is 12.5 Å². The van der Waals surface area contributed by atoms with Gasteiger partial charge in [0.1, 0.15) is 11.6 Å². The second kappa shape index (κ2) is 3.54. The van der Waals surface area contributed by atoms with E-state index in [-0.39, 0.29) is 12.2 Å². The first-order valence-corrected chi connectivity index (χ1v) is 3.75. The minimum absolute atomic E-state index is 0.0253. The van der Waals surface area contributed by atoms with Gasteiger partial charge in [-0.05, 0) is 30.7 Å². The molecule has 0 heterocycles. The third kappa shape index (κ3) is 2.20. The van der Waals surface area contributed by atoms with Gasteiger partial charge < -0.3 is 10.2 Å². The van der Waals surface area contributed by atoms with E-state index in [2.05, 4.69) is 0 Å². The van der Waals surface area contributed by atoms with Gasteiger partial charge in [-0.1, -0.05) is 0 Å². The van der Waals surface area contributed by atoms with Gasteiger partial charge in [0.15, 0.2) is 0 Å². The highest BCUT2D eigenvalue weighted by molar-refractivity contribution is 5.32. The Kier molecular flexibility index (Phi) is 2.65. The number of halogens is 1. The number of hydrogen-bond donors (Lipinski definition) is 2. The van der Waals surface area contributed by atoms with Crippen LogP contribution in [0.2, 0.25) is 0 Å². The molecule has 1 atom stereocenters. The Morgan fingerprint density at radius 2 is 2.17 bits per heavy atom. The van der Waals surface area contributed by atoms with Crippen LogP contribution >= 0.6 is 0 Å². The van der Waals surface area contributed by atoms with E-state index in [1.54, 1.807) is 6.92 Å². The van der Waals surface area contributed by atoms with Crippen molar-refractivity contribution < 1.29 is 14.6 Å². The lowest BCUT2D eigenvalue weighted by molar-refractivity contribution is 0.194. The van der Waals surface area contributed by atoms with Crippen LogP contribution in [0.4, 0.5) is 4.39 Å². The predicted octanol–water partition coefficient (Wildman–Crippen LogP) is 1.45. The Hall–Kier alpha value is -1.09. The van der Waals surface area contributed by atoms with Gasteiger partial charge in [0.05, 0.1) is 6.10 Å². The third-order valence-electron chi connectivity index (χ3n) is 1.56. The highest BCUT2D eigenvalue weighted by Crippen LogP contribution is 2.19. The molecule has 0 radical (unpaired) electrons. The molecule has 0 aliphatic carbocycles. The molecule has 1 aromatic carbocycles. The minimum Gasteiger partial charge on any atom is -0.508 e. The zero-order valence-corrected chi connectivity index (χ0v) is 6.79. The highest BCUT2D eigenvalue weighted by Gasteiger charge is 2.05. The van der Waals surface area contributed by atoms with E-state index in [0.29, 0.717) is 5.56 Å². The second-order valence-corrected chi connectivity index (χ2v) is 2.83. The van der Waals surface area contributed by atoms with Crippen molar-refractivity contribution in [1.82, 2.24) is 0 Å². The molecule has 12 heavy (non-hydrogen) atoms. The van der Waals surface area contributed by atoms with Gasteiger partial charge in [-0.3, -0.25) is 0 Å². The number of phenols is 1. The first-order chi connectivity index (χ1) is 5.59. The third-order valence-corrected chi connectivity index (χ3v) is 1.56. The first-order valence-electron chi connectivity index (χ1n) is 3.75. The van der Waals surface area contributed by atoms with Crippen LogP contribution in [0.3, 0.4) is 0 Å². The summed E-state index contributed by atoms with van der Waals surface area (Å²) in [6.07, 6.45) is -0.304. The van der Waals surface area contributed by atoms with Crippen LogP contribution < -0.4 is 0 Å².